The Morgan fingerprint density at radius 1 is 1.00 bits per heavy atom. The molecule has 1 fully saturated rings. The van der Waals surface area contributed by atoms with Crippen LogP contribution in [0.3, 0.4) is 0 Å². The number of thioether (sulfide) groups is 1. The lowest BCUT2D eigenvalue weighted by atomic mass is 10.2. The maximum atomic E-state index is 13.7. The number of para-hydroxylation sites is 3. The van der Waals surface area contributed by atoms with Crippen molar-refractivity contribution in [2.75, 3.05) is 17.3 Å². The standard InChI is InChI=1S/C27H23N3O3S2/c31-25(30-21-11-3-5-13-23(21)35-24-14-6-4-12-22(24)30)17-34-27-28-20-10-2-1-9-19(20)26(32)29(27)16-18-8-7-15-33-18/h1-6,9-14,18H,7-8,15-17H2/t18-/m0/s1. The first-order chi connectivity index (χ1) is 17.2. The van der Waals surface area contributed by atoms with Crippen LogP contribution in [0.15, 0.2) is 92.5 Å². The van der Waals surface area contributed by atoms with Gasteiger partial charge in [0.1, 0.15) is 0 Å². The molecule has 6 rings (SSSR count). The molecule has 176 valence electrons. The minimum atomic E-state index is -0.0916. The van der Waals surface area contributed by atoms with Gasteiger partial charge in [-0.25, -0.2) is 4.98 Å². The molecule has 0 saturated carbocycles. The maximum Gasteiger partial charge on any atom is 0.262 e. The number of carbonyl (C=O) groups excluding carboxylic acids is 1. The molecule has 0 bridgehead atoms. The second-order valence-electron chi connectivity index (χ2n) is 8.52. The summed E-state index contributed by atoms with van der Waals surface area (Å²) >= 11 is 2.98. The molecule has 4 aromatic rings. The lowest BCUT2D eigenvalue weighted by Gasteiger charge is -2.31. The topological polar surface area (TPSA) is 64.4 Å². The Balaban J connectivity index is 1.34. The Morgan fingerprint density at radius 3 is 2.40 bits per heavy atom. The Hall–Kier alpha value is -3.07. The number of amides is 1. The average molecular weight is 502 g/mol. The highest BCUT2D eigenvalue weighted by atomic mass is 32.2. The van der Waals surface area contributed by atoms with E-state index in [4.69, 9.17) is 9.72 Å². The molecule has 35 heavy (non-hydrogen) atoms. The van der Waals surface area contributed by atoms with Crippen LogP contribution in [0.4, 0.5) is 11.4 Å². The van der Waals surface area contributed by atoms with Crippen LogP contribution < -0.4 is 10.5 Å². The van der Waals surface area contributed by atoms with Gasteiger partial charge in [-0.3, -0.25) is 19.1 Å². The van der Waals surface area contributed by atoms with E-state index in [1.165, 1.54) is 11.8 Å². The average Bonchev–Trinajstić information content (AvgIpc) is 3.41. The van der Waals surface area contributed by atoms with Gasteiger partial charge in [0.15, 0.2) is 5.16 Å². The van der Waals surface area contributed by atoms with Crippen molar-refractivity contribution in [3.8, 4) is 0 Å². The third-order valence-electron chi connectivity index (χ3n) is 6.24. The number of fused-ring (bicyclic) bond motifs is 3. The van der Waals surface area contributed by atoms with Crippen LogP contribution in [0, 0.1) is 0 Å². The van der Waals surface area contributed by atoms with E-state index in [9.17, 15) is 9.59 Å². The SMILES string of the molecule is O=C(CSc1nc2ccccc2c(=O)n1C[C@@H]1CCCO1)N1c2ccccc2Sc2ccccc21. The number of aromatic nitrogens is 2. The Labute approximate surface area is 211 Å². The van der Waals surface area contributed by atoms with Crippen molar-refractivity contribution in [2.45, 2.75) is 40.4 Å². The molecule has 0 spiro atoms. The summed E-state index contributed by atoms with van der Waals surface area (Å²) in [7, 11) is 0. The van der Waals surface area contributed by atoms with Crippen LogP contribution in [-0.2, 0) is 16.1 Å². The summed E-state index contributed by atoms with van der Waals surface area (Å²) in [4.78, 5) is 35.7. The molecule has 3 heterocycles. The van der Waals surface area contributed by atoms with Gasteiger partial charge >= 0.3 is 0 Å². The number of anilines is 2. The van der Waals surface area contributed by atoms with Crippen molar-refractivity contribution in [2.24, 2.45) is 0 Å². The Kier molecular flexibility index (Phi) is 6.10. The van der Waals surface area contributed by atoms with Gasteiger partial charge in [0.2, 0.25) is 5.91 Å². The molecule has 1 atom stereocenters. The molecule has 3 aromatic carbocycles. The Bertz CT molecular complexity index is 1430. The van der Waals surface area contributed by atoms with Crippen LogP contribution in [0.1, 0.15) is 12.8 Å². The summed E-state index contributed by atoms with van der Waals surface area (Å²) < 4.78 is 7.49. The van der Waals surface area contributed by atoms with Crippen molar-refractivity contribution < 1.29 is 9.53 Å². The molecule has 0 radical (unpaired) electrons. The summed E-state index contributed by atoms with van der Waals surface area (Å²) in [5, 5.41) is 1.13. The molecule has 0 aliphatic carbocycles. The van der Waals surface area contributed by atoms with E-state index in [-0.39, 0.29) is 23.3 Å². The minimum Gasteiger partial charge on any atom is -0.376 e. The van der Waals surface area contributed by atoms with Crippen molar-refractivity contribution in [3.05, 3.63) is 83.2 Å². The summed E-state index contributed by atoms with van der Waals surface area (Å²) in [6, 6.07) is 23.3. The molecule has 1 amide bonds. The lowest BCUT2D eigenvalue weighted by molar-refractivity contribution is -0.115. The predicted octanol–water partition coefficient (Wildman–Crippen LogP) is 5.50. The smallest absolute Gasteiger partial charge is 0.262 e. The maximum absolute atomic E-state index is 13.7. The first kappa shape index (κ1) is 22.4. The fraction of sp³-hybridized carbons (Fsp3) is 0.222. The van der Waals surface area contributed by atoms with Crippen LogP contribution in [-0.4, -0.2) is 33.9 Å². The zero-order valence-electron chi connectivity index (χ0n) is 18.9. The molecule has 0 unspecified atom stereocenters. The molecular formula is C27H23N3O3S2. The van der Waals surface area contributed by atoms with Crippen LogP contribution in [0.5, 0.6) is 0 Å². The highest BCUT2D eigenvalue weighted by Crippen LogP contribution is 2.48. The molecule has 0 N–H and O–H groups in total. The zero-order valence-corrected chi connectivity index (χ0v) is 20.6. The highest BCUT2D eigenvalue weighted by Gasteiger charge is 2.28. The molecular weight excluding hydrogens is 478 g/mol. The summed E-state index contributed by atoms with van der Waals surface area (Å²) in [5.41, 5.74) is 2.31. The molecule has 1 saturated heterocycles. The molecule has 1 aromatic heterocycles. The predicted molar refractivity (Wildman–Crippen MR) is 140 cm³/mol. The second-order valence-corrected chi connectivity index (χ2v) is 10.5. The molecule has 8 heteroatoms. The van der Waals surface area contributed by atoms with Crippen molar-refractivity contribution in [1.82, 2.24) is 9.55 Å². The minimum absolute atomic E-state index is 0.0106. The monoisotopic (exact) mass is 501 g/mol. The quantitative estimate of drug-likeness (QED) is 0.266. The van der Waals surface area contributed by atoms with Gasteiger partial charge in [-0.15, -0.1) is 0 Å². The van der Waals surface area contributed by atoms with E-state index in [1.54, 1.807) is 27.3 Å². The summed E-state index contributed by atoms with van der Waals surface area (Å²) in [6.07, 6.45) is 1.90. The van der Waals surface area contributed by atoms with Crippen molar-refractivity contribution in [1.29, 1.82) is 0 Å². The summed E-state index contributed by atoms with van der Waals surface area (Å²) in [5.74, 6) is 0.102. The molecule has 2 aliphatic heterocycles. The number of carbonyl (C=O) groups is 1. The van der Waals surface area contributed by atoms with E-state index in [0.717, 1.165) is 34.0 Å². The number of hydrogen-bond acceptors (Lipinski definition) is 6. The number of hydrogen-bond donors (Lipinski definition) is 0. The zero-order chi connectivity index (χ0) is 23.8. The number of nitrogens with zero attached hydrogens (tertiary/aromatic N) is 3. The first-order valence-electron chi connectivity index (χ1n) is 11.6. The lowest BCUT2D eigenvalue weighted by Crippen LogP contribution is -2.31. The van der Waals surface area contributed by atoms with Crippen molar-refractivity contribution in [3.63, 3.8) is 0 Å². The van der Waals surface area contributed by atoms with Gasteiger partial charge in [0.05, 0.1) is 40.7 Å². The van der Waals surface area contributed by atoms with Gasteiger partial charge < -0.3 is 4.74 Å². The number of benzene rings is 3. The van der Waals surface area contributed by atoms with Crippen LogP contribution in [0.25, 0.3) is 10.9 Å². The van der Waals surface area contributed by atoms with Crippen LogP contribution in [0.2, 0.25) is 0 Å². The number of ether oxygens (including phenoxy) is 1. The second kappa shape index (κ2) is 9.53. The Morgan fingerprint density at radius 2 is 1.69 bits per heavy atom. The van der Waals surface area contributed by atoms with E-state index in [1.807, 2.05) is 66.7 Å². The fourth-order valence-electron chi connectivity index (χ4n) is 4.57. The van der Waals surface area contributed by atoms with E-state index >= 15 is 0 Å². The third-order valence-corrected chi connectivity index (χ3v) is 8.33. The van der Waals surface area contributed by atoms with Gasteiger partial charge in [-0.2, -0.15) is 0 Å². The third kappa shape index (κ3) is 4.26. The van der Waals surface area contributed by atoms with Gasteiger partial charge in [0.25, 0.3) is 5.56 Å². The van der Waals surface area contributed by atoms with Crippen LogP contribution >= 0.6 is 23.5 Å². The number of rotatable bonds is 5. The normalized spacial score (nSPS) is 16.8. The highest BCUT2D eigenvalue weighted by molar-refractivity contribution is 8.00. The van der Waals surface area contributed by atoms with Gasteiger partial charge in [0, 0.05) is 16.4 Å². The fourth-order valence-corrected chi connectivity index (χ4v) is 6.49. The van der Waals surface area contributed by atoms with E-state index < -0.39 is 0 Å². The largest absolute Gasteiger partial charge is 0.376 e. The van der Waals surface area contributed by atoms with E-state index in [0.29, 0.717) is 29.2 Å². The van der Waals surface area contributed by atoms with Crippen molar-refractivity contribution >= 4 is 51.7 Å². The first-order valence-corrected chi connectivity index (χ1v) is 13.4. The van der Waals surface area contributed by atoms with Gasteiger partial charge in [-0.05, 0) is 49.2 Å². The van der Waals surface area contributed by atoms with E-state index in [2.05, 4.69) is 0 Å². The van der Waals surface area contributed by atoms with Gasteiger partial charge in [-0.1, -0.05) is 59.9 Å². The molecule has 2 aliphatic rings. The summed E-state index contributed by atoms with van der Waals surface area (Å²) in [6.45, 7) is 1.16. The molecule has 6 nitrogen and oxygen atoms in total.